The van der Waals surface area contributed by atoms with Crippen LogP contribution in [-0.4, -0.2) is 42.8 Å². The molecule has 0 amide bonds. The lowest BCUT2D eigenvalue weighted by Crippen LogP contribution is -2.40. The molecular formula is C16H21N3O2. The van der Waals surface area contributed by atoms with Crippen molar-refractivity contribution in [2.75, 3.05) is 32.5 Å². The number of hydrogen-bond acceptors (Lipinski definition) is 5. The molecule has 0 saturated carbocycles. The van der Waals surface area contributed by atoms with Crippen LogP contribution in [-0.2, 0) is 11.3 Å². The van der Waals surface area contributed by atoms with E-state index in [1.54, 1.807) is 7.11 Å². The number of morpholine rings is 1. The molecule has 1 aromatic carbocycles. The fourth-order valence-electron chi connectivity index (χ4n) is 2.73. The zero-order valence-electron chi connectivity index (χ0n) is 12.5. The van der Waals surface area contributed by atoms with Crippen molar-refractivity contribution in [1.82, 2.24) is 9.88 Å². The van der Waals surface area contributed by atoms with E-state index in [1.165, 1.54) is 0 Å². The van der Waals surface area contributed by atoms with Crippen molar-refractivity contribution in [2.45, 2.75) is 19.6 Å². The number of nitrogens with zero attached hydrogens (tertiary/aromatic N) is 2. The summed E-state index contributed by atoms with van der Waals surface area (Å²) in [5.74, 6) is 1.39. The molecule has 0 spiro atoms. The first kappa shape index (κ1) is 14.1. The van der Waals surface area contributed by atoms with Gasteiger partial charge in [0.2, 0.25) is 0 Å². The average Bonchev–Trinajstić information content (AvgIpc) is 2.47. The second-order valence-electron chi connectivity index (χ2n) is 5.51. The minimum absolute atomic E-state index is 0.276. The Morgan fingerprint density at radius 3 is 3.05 bits per heavy atom. The first-order chi connectivity index (χ1) is 10.2. The molecule has 2 aromatic rings. The van der Waals surface area contributed by atoms with Crippen LogP contribution in [0.5, 0.6) is 5.75 Å². The first-order valence-corrected chi connectivity index (χ1v) is 7.23. The molecule has 3 rings (SSSR count). The van der Waals surface area contributed by atoms with Gasteiger partial charge < -0.3 is 15.2 Å². The van der Waals surface area contributed by atoms with E-state index < -0.39 is 0 Å². The normalized spacial score (nSPS) is 19.8. The van der Waals surface area contributed by atoms with Crippen LogP contribution in [0.25, 0.3) is 10.9 Å². The van der Waals surface area contributed by atoms with Gasteiger partial charge in [0, 0.05) is 36.7 Å². The van der Waals surface area contributed by atoms with Crippen LogP contribution >= 0.6 is 0 Å². The number of pyridine rings is 1. The van der Waals surface area contributed by atoms with Gasteiger partial charge in [0.05, 0.1) is 25.3 Å². The second kappa shape index (κ2) is 5.87. The lowest BCUT2D eigenvalue weighted by molar-refractivity contribution is -0.0211. The van der Waals surface area contributed by atoms with Gasteiger partial charge in [-0.3, -0.25) is 4.90 Å². The Kier molecular flexibility index (Phi) is 3.94. The van der Waals surface area contributed by atoms with Gasteiger partial charge in [-0.1, -0.05) is 0 Å². The number of methoxy groups -OCH3 is 1. The van der Waals surface area contributed by atoms with Gasteiger partial charge >= 0.3 is 0 Å². The predicted molar refractivity (Wildman–Crippen MR) is 83.4 cm³/mol. The second-order valence-corrected chi connectivity index (χ2v) is 5.51. The van der Waals surface area contributed by atoms with E-state index in [4.69, 9.17) is 15.2 Å². The highest BCUT2D eigenvalue weighted by Crippen LogP contribution is 2.24. The number of hydrogen-bond donors (Lipinski definition) is 1. The molecule has 1 aliphatic heterocycles. The maximum atomic E-state index is 6.12. The maximum Gasteiger partial charge on any atom is 0.128 e. The molecule has 5 heteroatoms. The van der Waals surface area contributed by atoms with Crippen molar-refractivity contribution >= 4 is 16.7 Å². The number of rotatable bonds is 3. The van der Waals surface area contributed by atoms with Gasteiger partial charge in [-0.25, -0.2) is 4.98 Å². The molecule has 0 aliphatic carbocycles. The van der Waals surface area contributed by atoms with E-state index in [1.807, 2.05) is 18.2 Å². The molecule has 1 unspecified atom stereocenters. The SMILES string of the molecule is COc1ccc2cc(CN3CCOC(C)C3)c(N)nc2c1. The Labute approximate surface area is 124 Å². The van der Waals surface area contributed by atoms with Gasteiger partial charge in [-0.2, -0.15) is 0 Å². The summed E-state index contributed by atoms with van der Waals surface area (Å²) in [4.78, 5) is 6.87. The molecule has 21 heavy (non-hydrogen) atoms. The van der Waals surface area contributed by atoms with Crippen LogP contribution in [0, 0.1) is 0 Å². The summed E-state index contributed by atoms with van der Waals surface area (Å²) in [6, 6.07) is 8.00. The Bertz CT molecular complexity index is 645. The minimum Gasteiger partial charge on any atom is -0.497 e. The van der Waals surface area contributed by atoms with Gasteiger partial charge in [0.1, 0.15) is 11.6 Å². The van der Waals surface area contributed by atoms with Crippen LogP contribution in [0.15, 0.2) is 24.3 Å². The molecule has 1 aliphatic rings. The van der Waals surface area contributed by atoms with E-state index in [2.05, 4.69) is 22.9 Å². The Balaban J connectivity index is 1.86. The number of nitrogen functional groups attached to an aromatic ring is 1. The van der Waals surface area contributed by atoms with Crippen molar-refractivity contribution in [3.8, 4) is 5.75 Å². The summed E-state index contributed by atoms with van der Waals surface area (Å²) in [6.07, 6.45) is 0.276. The van der Waals surface area contributed by atoms with Crippen LogP contribution in [0.1, 0.15) is 12.5 Å². The zero-order chi connectivity index (χ0) is 14.8. The standard InChI is InChI=1S/C16H21N3O2/c1-11-9-19(5-6-21-11)10-13-7-12-3-4-14(20-2)8-15(12)18-16(13)17/h3-4,7-8,11H,5-6,9-10H2,1-2H3,(H2,17,18). The van der Waals surface area contributed by atoms with Gasteiger partial charge in [-0.15, -0.1) is 0 Å². The summed E-state index contributed by atoms with van der Waals surface area (Å²) in [7, 11) is 1.65. The largest absolute Gasteiger partial charge is 0.497 e. The van der Waals surface area contributed by atoms with E-state index >= 15 is 0 Å². The highest BCUT2D eigenvalue weighted by Gasteiger charge is 2.18. The first-order valence-electron chi connectivity index (χ1n) is 7.23. The Morgan fingerprint density at radius 2 is 2.29 bits per heavy atom. The van der Waals surface area contributed by atoms with Crippen molar-refractivity contribution in [2.24, 2.45) is 0 Å². The van der Waals surface area contributed by atoms with Crippen LogP contribution in [0.3, 0.4) is 0 Å². The van der Waals surface area contributed by atoms with E-state index in [-0.39, 0.29) is 6.10 Å². The van der Waals surface area contributed by atoms with Crippen molar-refractivity contribution < 1.29 is 9.47 Å². The Morgan fingerprint density at radius 1 is 1.43 bits per heavy atom. The molecule has 0 bridgehead atoms. The Hall–Kier alpha value is -1.85. The fourth-order valence-corrected chi connectivity index (χ4v) is 2.73. The van der Waals surface area contributed by atoms with Gasteiger partial charge in [0.25, 0.3) is 0 Å². The number of benzene rings is 1. The summed E-state index contributed by atoms with van der Waals surface area (Å²) in [5.41, 5.74) is 8.06. The fraction of sp³-hybridized carbons (Fsp3) is 0.438. The lowest BCUT2D eigenvalue weighted by Gasteiger charge is -2.31. The zero-order valence-corrected chi connectivity index (χ0v) is 12.5. The quantitative estimate of drug-likeness (QED) is 0.936. The van der Waals surface area contributed by atoms with Crippen molar-refractivity contribution in [1.29, 1.82) is 0 Å². The summed E-state index contributed by atoms with van der Waals surface area (Å²) in [5, 5.41) is 1.08. The van der Waals surface area contributed by atoms with Gasteiger partial charge in [-0.05, 0) is 25.1 Å². The summed E-state index contributed by atoms with van der Waals surface area (Å²) in [6.45, 7) is 5.55. The van der Waals surface area contributed by atoms with Crippen molar-refractivity contribution in [3.63, 3.8) is 0 Å². The smallest absolute Gasteiger partial charge is 0.128 e. The van der Waals surface area contributed by atoms with Crippen LogP contribution in [0.2, 0.25) is 0 Å². The average molecular weight is 287 g/mol. The number of nitrogens with two attached hydrogens (primary N) is 1. The van der Waals surface area contributed by atoms with Crippen LogP contribution in [0.4, 0.5) is 5.82 Å². The number of ether oxygens (including phenoxy) is 2. The molecule has 112 valence electrons. The molecule has 1 saturated heterocycles. The molecule has 1 atom stereocenters. The molecular weight excluding hydrogens is 266 g/mol. The highest BCUT2D eigenvalue weighted by molar-refractivity contribution is 5.82. The number of anilines is 1. The third-order valence-corrected chi connectivity index (χ3v) is 3.86. The third-order valence-electron chi connectivity index (χ3n) is 3.86. The third kappa shape index (κ3) is 3.09. The van der Waals surface area contributed by atoms with E-state index in [0.29, 0.717) is 5.82 Å². The van der Waals surface area contributed by atoms with Gasteiger partial charge in [0.15, 0.2) is 0 Å². The lowest BCUT2D eigenvalue weighted by atomic mass is 10.1. The molecule has 0 radical (unpaired) electrons. The minimum atomic E-state index is 0.276. The highest BCUT2D eigenvalue weighted by atomic mass is 16.5. The molecule has 2 N–H and O–H groups in total. The monoisotopic (exact) mass is 287 g/mol. The van der Waals surface area contributed by atoms with E-state index in [0.717, 1.165) is 48.5 Å². The predicted octanol–water partition coefficient (Wildman–Crippen LogP) is 2.05. The molecule has 2 heterocycles. The summed E-state index contributed by atoms with van der Waals surface area (Å²) >= 11 is 0. The molecule has 1 fully saturated rings. The van der Waals surface area contributed by atoms with Crippen LogP contribution < -0.4 is 10.5 Å². The van der Waals surface area contributed by atoms with E-state index in [9.17, 15) is 0 Å². The molecule has 5 nitrogen and oxygen atoms in total. The maximum absolute atomic E-state index is 6.12. The summed E-state index contributed by atoms with van der Waals surface area (Å²) < 4.78 is 10.8. The topological polar surface area (TPSA) is 60.6 Å². The van der Waals surface area contributed by atoms with Crippen molar-refractivity contribution in [3.05, 3.63) is 29.8 Å². The number of aromatic nitrogens is 1. The number of fused-ring (bicyclic) bond motifs is 1. The molecule has 1 aromatic heterocycles.